The lowest BCUT2D eigenvalue weighted by molar-refractivity contribution is -0.136. The Balaban J connectivity index is -0.000000125. The number of nitrogens with one attached hydrogen (secondary N) is 1. The molecule has 1 aromatic heterocycles. The van der Waals surface area contributed by atoms with Gasteiger partial charge in [0.2, 0.25) is 0 Å². The number of ether oxygens (including phenoxy) is 4. The van der Waals surface area contributed by atoms with Crippen molar-refractivity contribution in [1.82, 2.24) is 9.97 Å². The van der Waals surface area contributed by atoms with E-state index in [0.29, 0.717) is 35.2 Å². The Kier molecular flexibility index (Phi) is 71.2. The van der Waals surface area contributed by atoms with E-state index < -0.39 is 16.1 Å². The molecule has 0 aliphatic heterocycles. The number of carboxylic acid groups (broad SMARTS) is 1. The van der Waals surface area contributed by atoms with Gasteiger partial charge in [-0.2, -0.15) is 55.5 Å². The summed E-state index contributed by atoms with van der Waals surface area (Å²) in [5.41, 5.74) is 5.36. The van der Waals surface area contributed by atoms with Gasteiger partial charge in [-0.25, -0.2) is 4.98 Å². The van der Waals surface area contributed by atoms with Gasteiger partial charge in [-0.15, -0.1) is 0 Å². The first-order valence-corrected chi connectivity index (χ1v) is 26.8. The highest BCUT2D eigenvalue weighted by molar-refractivity contribution is 8.00. The van der Waals surface area contributed by atoms with Crippen LogP contribution in [0.25, 0.3) is 0 Å². The number of nitrogens with zero attached hydrogens (tertiary/aromatic N) is 1. The first-order valence-electron chi connectivity index (χ1n) is 20.6. The number of nitrogens with two attached hydrogens (primary N) is 1. The maximum Gasteiger partial charge on any atom is 0.304 e. The molecule has 0 amide bonds. The number of carbonyl (C=O) groups is 1. The second-order valence-corrected chi connectivity index (χ2v) is 21.2. The van der Waals surface area contributed by atoms with Crippen molar-refractivity contribution >= 4 is 63.1 Å². The maximum atomic E-state index is 10.4. The first kappa shape index (κ1) is 75.1. The molecular formula is C44H99N3O9S5. The van der Waals surface area contributed by atoms with Crippen molar-refractivity contribution in [2.24, 2.45) is 29.4 Å². The number of aromatic nitrogens is 2. The molecule has 1 aromatic rings. The highest BCUT2D eigenvalue weighted by Crippen LogP contribution is 2.07. The van der Waals surface area contributed by atoms with Crippen LogP contribution < -0.4 is 5.73 Å². The Bertz CT molecular complexity index is 1040. The molecule has 0 spiro atoms. The van der Waals surface area contributed by atoms with Crippen molar-refractivity contribution in [3.05, 3.63) is 18.2 Å². The number of hydrogen-bond acceptors (Lipinski definition) is 13. The molecule has 12 nitrogen and oxygen atoms in total. The molecule has 0 saturated carbocycles. The van der Waals surface area contributed by atoms with Crippen LogP contribution in [0.2, 0.25) is 0 Å². The summed E-state index contributed by atoms with van der Waals surface area (Å²) in [5.74, 6) is 10.2. The molecule has 0 atom stereocenters. The average Bonchev–Trinajstić information content (AvgIpc) is 3.65. The minimum Gasteiger partial charge on any atom is -0.481 e. The number of carboxylic acids is 1. The van der Waals surface area contributed by atoms with Crippen molar-refractivity contribution in [2.45, 2.75) is 124 Å². The van der Waals surface area contributed by atoms with Crippen LogP contribution in [0, 0.1) is 23.7 Å². The van der Waals surface area contributed by atoms with E-state index >= 15 is 0 Å². The maximum absolute atomic E-state index is 10.4. The van der Waals surface area contributed by atoms with Gasteiger partial charge in [0, 0.05) is 101 Å². The Labute approximate surface area is 395 Å². The smallest absolute Gasteiger partial charge is 0.304 e. The largest absolute Gasteiger partial charge is 0.481 e. The van der Waals surface area contributed by atoms with Crippen molar-refractivity contribution in [3.63, 3.8) is 0 Å². The monoisotopic (exact) mass is 974 g/mol. The van der Waals surface area contributed by atoms with Gasteiger partial charge in [-0.05, 0) is 72.4 Å². The van der Waals surface area contributed by atoms with Gasteiger partial charge in [0.25, 0.3) is 10.1 Å². The van der Waals surface area contributed by atoms with Crippen LogP contribution in [0.3, 0.4) is 0 Å². The highest BCUT2D eigenvalue weighted by Gasteiger charge is 2.03. The Hall–Kier alpha value is -0.210. The fourth-order valence-corrected chi connectivity index (χ4v) is 7.99. The van der Waals surface area contributed by atoms with Crippen molar-refractivity contribution in [2.75, 3.05) is 111 Å². The summed E-state index contributed by atoms with van der Waals surface area (Å²) in [4.78, 5) is 17.5. The molecule has 0 saturated heterocycles. The number of H-pyrrole nitrogens is 1. The van der Waals surface area contributed by atoms with E-state index in [1.54, 1.807) is 18.0 Å². The molecule has 0 unspecified atom stereocenters. The molecule has 0 radical (unpaired) electrons. The Morgan fingerprint density at radius 3 is 1.31 bits per heavy atom. The molecule has 61 heavy (non-hydrogen) atoms. The highest BCUT2D eigenvalue weighted by atomic mass is 32.2. The van der Waals surface area contributed by atoms with E-state index in [1.165, 1.54) is 23.3 Å². The Morgan fingerprint density at radius 1 is 0.639 bits per heavy atom. The summed E-state index contributed by atoms with van der Waals surface area (Å²) in [6.45, 7) is 24.6. The molecule has 5 N–H and O–H groups in total. The lowest BCUT2D eigenvalue weighted by Crippen LogP contribution is -2.07. The Morgan fingerprint density at radius 2 is 1.00 bits per heavy atom. The quantitative estimate of drug-likeness (QED) is 0.0372. The standard InChI is InChI=1S/C12H22N2OS.C10H20O3S.C9H21NOS.C9H20O4S2.4CH4/c1-11(2)10-15-7-3-8-16-9-4-12-13-5-6-14-12;1-9(2)8-13-5-3-6-14-7-4-10(11)12;1-9(2)8-11-5-3-6-12-7-4-10;1-9(2)8-13-4-3-5-14-6-7-15(10,11)12;;;;/h5-6,11H,3-4,7-10H2,1-2H3,(H,13,14);9H,3-8H2,1-2H3,(H,11,12);9H,3-8,10H2,1-2H3;9H,3-8H2,1-2H3,(H,10,11,12);4*1H4. The van der Waals surface area contributed by atoms with Gasteiger partial charge >= 0.3 is 5.97 Å². The molecule has 1 heterocycles. The third kappa shape index (κ3) is 80.5. The zero-order valence-electron chi connectivity index (χ0n) is 36.8. The van der Waals surface area contributed by atoms with E-state index in [1.807, 2.05) is 29.7 Å². The minimum absolute atomic E-state index is 0. The lowest BCUT2D eigenvalue weighted by atomic mass is 10.2. The SMILES string of the molecule is C.C.C.C.CC(C)COCCCSCCC(=O)O.CC(C)COCCCSCCN.CC(C)COCCCSCCS(=O)(=O)O.CC(C)COCCCSCCc1ncc[nH]1. The molecule has 0 aromatic carbocycles. The topological polar surface area (TPSA) is 183 Å². The third-order valence-electron chi connectivity index (χ3n) is 6.36. The molecule has 0 aliphatic rings. The van der Waals surface area contributed by atoms with E-state index in [4.69, 9.17) is 34.3 Å². The first-order chi connectivity index (χ1) is 27.1. The summed E-state index contributed by atoms with van der Waals surface area (Å²) >= 11 is 7.08. The zero-order chi connectivity index (χ0) is 43.4. The molecule has 374 valence electrons. The predicted molar refractivity (Wildman–Crippen MR) is 277 cm³/mol. The number of rotatable bonds is 35. The fourth-order valence-electron chi connectivity index (χ4n) is 3.75. The van der Waals surface area contributed by atoms with Gasteiger partial charge < -0.3 is 34.8 Å². The number of aliphatic carboxylic acids is 1. The normalized spacial score (nSPS) is 10.6. The van der Waals surface area contributed by atoms with Crippen molar-refractivity contribution in [3.8, 4) is 0 Å². The van der Waals surface area contributed by atoms with Crippen LogP contribution in [0.1, 0.15) is 123 Å². The molecular weight excluding hydrogens is 875 g/mol. The van der Waals surface area contributed by atoms with Crippen molar-refractivity contribution < 1.29 is 41.8 Å². The van der Waals surface area contributed by atoms with Crippen LogP contribution in [-0.4, -0.2) is 145 Å². The molecule has 0 bridgehead atoms. The van der Waals surface area contributed by atoms with Gasteiger partial charge in [-0.1, -0.05) is 85.1 Å². The van der Waals surface area contributed by atoms with Gasteiger partial charge in [0.15, 0.2) is 0 Å². The van der Waals surface area contributed by atoms with Crippen LogP contribution >= 0.6 is 47.0 Å². The second kappa shape index (κ2) is 57.8. The summed E-state index contributed by atoms with van der Waals surface area (Å²) < 4.78 is 50.9. The zero-order valence-corrected chi connectivity index (χ0v) is 40.8. The van der Waals surface area contributed by atoms with E-state index in [-0.39, 0.29) is 41.9 Å². The summed E-state index contributed by atoms with van der Waals surface area (Å²) in [6.07, 6.45) is 9.20. The molecule has 0 fully saturated rings. The summed E-state index contributed by atoms with van der Waals surface area (Å²) in [6, 6.07) is 0. The number of hydrogen-bond donors (Lipinski definition) is 4. The number of imidazole rings is 1. The number of aromatic amines is 1. The van der Waals surface area contributed by atoms with E-state index in [0.717, 1.165) is 120 Å². The van der Waals surface area contributed by atoms with Crippen molar-refractivity contribution in [1.29, 1.82) is 0 Å². The fraction of sp³-hybridized carbons (Fsp3) is 0.909. The molecule has 0 aliphatic carbocycles. The van der Waals surface area contributed by atoms with E-state index in [2.05, 4.69) is 65.4 Å². The predicted octanol–water partition coefficient (Wildman–Crippen LogP) is 11.0. The summed E-state index contributed by atoms with van der Waals surface area (Å²) in [7, 11) is -3.78. The lowest BCUT2D eigenvalue weighted by Gasteiger charge is -2.06. The molecule has 1 rings (SSSR count). The minimum atomic E-state index is -3.78. The average molecular weight is 975 g/mol. The van der Waals surface area contributed by atoms with E-state index in [9.17, 15) is 13.2 Å². The van der Waals surface area contributed by atoms with Crippen LogP contribution in [-0.2, 0) is 40.3 Å². The second-order valence-electron chi connectivity index (χ2n) is 14.7. The van der Waals surface area contributed by atoms with Crippen LogP contribution in [0.15, 0.2) is 12.4 Å². The number of aryl methyl sites for hydroxylation is 1. The summed E-state index contributed by atoms with van der Waals surface area (Å²) in [5, 5.41) is 8.38. The third-order valence-corrected chi connectivity index (χ3v) is 11.7. The van der Waals surface area contributed by atoms with Gasteiger partial charge in [0.1, 0.15) is 5.82 Å². The van der Waals surface area contributed by atoms with Gasteiger partial charge in [0.05, 0.1) is 12.2 Å². The van der Waals surface area contributed by atoms with Gasteiger partial charge in [-0.3, -0.25) is 9.35 Å². The molecule has 17 heteroatoms. The number of thioether (sulfide) groups is 4. The van der Waals surface area contributed by atoms with Crippen LogP contribution in [0.5, 0.6) is 0 Å². The van der Waals surface area contributed by atoms with Crippen LogP contribution in [0.4, 0.5) is 0 Å².